The van der Waals surface area contributed by atoms with Gasteiger partial charge in [0.25, 0.3) is 5.91 Å². The highest BCUT2D eigenvalue weighted by molar-refractivity contribution is 5.99. The minimum atomic E-state index is -0.997. The molecule has 1 atom stereocenters. The molecule has 0 bridgehead atoms. The first-order valence-electron chi connectivity index (χ1n) is 12.2. The molecule has 2 aromatic heterocycles. The van der Waals surface area contributed by atoms with Crippen molar-refractivity contribution in [2.75, 3.05) is 11.9 Å². The lowest BCUT2D eigenvalue weighted by atomic mass is 10.0. The molecule has 0 radical (unpaired) electrons. The Morgan fingerprint density at radius 1 is 1.15 bits per heavy atom. The van der Waals surface area contributed by atoms with Crippen LogP contribution in [0.3, 0.4) is 0 Å². The zero-order valence-electron chi connectivity index (χ0n) is 19.7. The van der Waals surface area contributed by atoms with Crippen LogP contribution in [0.2, 0.25) is 0 Å². The van der Waals surface area contributed by atoms with E-state index in [0.29, 0.717) is 12.0 Å². The molecule has 1 aromatic carbocycles. The Morgan fingerprint density at radius 2 is 1.97 bits per heavy atom. The quantitative estimate of drug-likeness (QED) is 0.370. The molecule has 0 fully saturated rings. The van der Waals surface area contributed by atoms with E-state index in [1.54, 1.807) is 22.9 Å². The molecule has 34 heavy (non-hydrogen) atoms. The number of pyridine rings is 1. The second kappa shape index (κ2) is 11.1. The number of rotatable bonds is 11. The maximum Gasteiger partial charge on any atom is 0.326 e. The highest BCUT2D eigenvalue weighted by atomic mass is 16.4. The molecule has 4 rings (SSSR count). The molecule has 3 N–H and O–H groups in total. The van der Waals surface area contributed by atoms with Crippen LogP contribution in [-0.4, -0.2) is 44.3 Å². The second-order valence-electron chi connectivity index (χ2n) is 9.09. The SMILES string of the molecule is Cn1cc2cc(C(=O)N[C@@H](CCCCCCCc3ccc4c(n3)NCCC4)C(=O)O)ccc2n1. The summed E-state index contributed by atoms with van der Waals surface area (Å²) in [7, 11) is 1.82. The van der Waals surface area contributed by atoms with Crippen molar-refractivity contribution in [2.45, 2.75) is 63.8 Å². The molecule has 3 heterocycles. The molecule has 0 aliphatic carbocycles. The fraction of sp³-hybridized carbons (Fsp3) is 0.462. The predicted octanol–water partition coefficient (Wildman–Crippen LogP) is 4.09. The summed E-state index contributed by atoms with van der Waals surface area (Å²) in [4.78, 5) is 29.0. The van der Waals surface area contributed by atoms with E-state index < -0.39 is 12.0 Å². The molecule has 1 aliphatic heterocycles. The number of aryl methyl sites for hydroxylation is 3. The van der Waals surface area contributed by atoms with Gasteiger partial charge in [-0.3, -0.25) is 9.48 Å². The maximum atomic E-state index is 12.6. The number of carbonyl (C=O) groups excluding carboxylic acids is 1. The number of hydrogen-bond acceptors (Lipinski definition) is 5. The van der Waals surface area contributed by atoms with Gasteiger partial charge in [-0.2, -0.15) is 5.10 Å². The van der Waals surface area contributed by atoms with Crippen LogP contribution in [-0.2, 0) is 24.7 Å². The monoisotopic (exact) mass is 463 g/mol. The molecule has 0 unspecified atom stereocenters. The summed E-state index contributed by atoms with van der Waals surface area (Å²) in [6.45, 7) is 1.00. The van der Waals surface area contributed by atoms with Crippen LogP contribution in [0.25, 0.3) is 10.9 Å². The highest BCUT2D eigenvalue weighted by Gasteiger charge is 2.20. The third kappa shape index (κ3) is 6.12. The Labute approximate surface area is 199 Å². The highest BCUT2D eigenvalue weighted by Crippen LogP contribution is 2.21. The molecule has 1 aliphatic rings. The van der Waals surface area contributed by atoms with E-state index in [1.165, 1.54) is 12.0 Å². The summed E-state index contributed by atoms with van der Waals surface area (Å²) in [5.74, 6) is -0.320. The first-order chi connectivity index (χ1) is 16.5. The molecular formula is C26H33N5O3. The van der Waals surface area contributed by atoms with Gasteiger partial charge in [0.05, 0.1) is 5.52 Å². The number of hydrogen-bond donors (Lipinski definition) is 3. The molecule has 180 valence electrons. The summed E-state index contributed by atoms with van der Waals surface area (Å²) >= 11 is 0. The Kier molecular flexibility index (Phi) is 7.77. The predicted molar refractivity (Wildman–Crippen MR) is 132 cm³/mol. The van der Waals surface area contributed by atoms with Gasteiger partial charge in [0, 0.05) is 36.4 Å². The molecular weight excluding hydrogens is 430 g/mol. The summed E-state index contributed by atoms with van der Waals surface area (Å²) in [6.07, 6.45) is 10.4. The Balaban J connectivity index is 1.16. The number of unbranched alkanes of at least 4 members (excludes halogenated alkanes) is 4. The number of carboxylic acids is 1. The molecule has 1 amide bonds. The van der Waals surface area contributed by atoms with Crippen molar-refractivity contribution in [3.63, 3.8) is 0 Å². The van der Waals surface area contributed by atoms with Gasteiger partial charge in [-0.1, -0.05) is 31.7 Å². The van der Waals surface area contributed by atoms with Crippen LogP contribution in [0.1, 0.15) is 66.6 Å². The van der Waals surface area contributed by atoms with E-state index in [4.69, 9.17) is 4.98 Å². The number of aromatic nitrogens is 3. The number of anilines is 1. The van der Waals surface area contributed by atoms with Crippen molar-refractivity contribution in [3.05, 3.63) is 53.3 Å². The Morgan fingerprint density at radius 3 is 2.82 bits per heavy atom. The first kappa shape index (κ1) is 23.7. The van der Waals surface area contributed by atoms with Crippen LogP contribution < -0.4 is 10.6 Å². The second-order valence-corrected chi connectivity index (χ2v) is 9.09. The van der Waals surface area contributed by atoms with Gasteiger partial charge in [0.2, 0.25) is 0 Å². The van der Waals surface area contributed by atoms with Gasteiger partial charge in [0.1, 0.15) is 11.9 Å². The van der Waals surface area contributed by atoms with Gasteiger partial charge >= 0.3 is 5.97 Å². The lowest BCUT2D eigenvalue weighted by Crippen LogP contribution is -2.40. The number of benzene rings is 1. The molecule has 8 heteroatoms. The smallest absolute Gasteiger partial charge is 0.326 e. The molecule has 3 aromatic rings. The van der Waals surface area contributed by atoms with Crippen LogP contribution in [0.4, 0.5) is 5.82 Å². The maximum absolute atomic E-state index is 12.6. The Hall–Kier alpha value is -3.42. The Bertz CT molecular complexity index is 1160. The molecule has 0 saturated heterocycles. The lowest BCUT2D eigenvalue weighted by Gasteiger charge is -2.17. The van der Waals surface area contributed by atoms with E-state index in [-0.39, 0.29) is 5.91 Å². The van der Waals surface area contributed by atoms with Crippen molar-refractivity contribution in [3.8, 4) is 0 Å². The zero-order valence-corrected chi connectivity index (χ0v) is 19.7. The number of nitrogens with one attached hydrogen (secondary N) is 2. The van der Waals surface area contributed by atoms with Crippen molar-refractivity contribution in [2.24, 2.45) is 7.05 Å². The van der Waals surface area contributed by atoms with E-state index in [0.717, 1.165) is 73.9 Å². The lowest BCUT2D eigenvalue weighted by molar-refractivity contribution is -0.139. The number of carboxylic acid groups (broad SMARTS) is 1. The fourth-order valence-electron chi connectivity index (χ4n) is 4.48. The van der Waals surface area contributed by atoms with E-state index in [2.05, 4.69) is 27.9 Å². The summed E-state index contributed by atoms with van der Waals surface area (Å²) in [6, 6.07) is 8.64. The van der Waals surface area contributed by atoms with Crippen molar-refractivity contribution < 1.29 is 14.7 Å². The van der Waals surface area contributed by atoms with Gasteiger partial charge < -0.3 is 15.7 Å². The average molecular weight is 464 g/mol. The number of fused-ring (bicyclic) bond motifs is 2. The number of aliphatic carboxylic acids is 1. The van der Waals surface area contributed by atoms with Gasteiger partial charge in [-0.25, -0.2) is 9.78 Å². The van der Waals surface area contributed by atoms with Crippen LogP contribution >= 0.6 is 0 Å². The van der Waals surface area contributed by atoms with Crippen LogP contribution in [0, 0.1) is 0 Å². The molecule has 0 spiro atoms. The van der Waals surface area contributed by atoms with E-state index >= 15 is 0 Å². The molecule has 8 nitrogen and oxygen atoms in total. The van der Waals surface area contributed by atoms with E-state index in [9.17, 15) is 14.7 Å². The third-order valence-electron chi connectivity index (χ3n) is 6.36. The number of nitrogens with zero attached hydrogens (tertiary/aromatic N) is 3. The summed E-state index contributed by atoms with van der Waals surface area (Å²) in [5.41, 5.74) is 3.68. The summed E-state index contributed by atoms with van der Waals surface area (Å²) < 4.78 is 1.69. The van der Waals surface area contributed by atoms with Gasteiger partial charge in [-0.15, -0.1) is 0 Å². The van der Waals surface area contributed by atoms with Crippen molar-refractivity contribution in [1.29, 1.82) is 0 Å². The average Bonchev–Trinajstić information content (AvgIpc) is 3.21. The topological polar surface area (TPSA) is 109 Å². The number of carbonyl (C=O) groups is 2. The molecule has 0 saturated carbocycles. The fourth-order valence-corrected chi connectivity index (χ4v) is 4.48. The zero-order chi connectivity index (χ0) is 23.9. The summed E-state index contributed by atoms with van der Waals surface area (Å²) in [5, 5.41) is 20.8. The van der Waals surface area contributed by atoms with Crippen molar-refractivity contribution in [1.82, 2.24) is 20.1 Å². The minimum Gasteiger partial charge on any atom is -0.480 e. The third-order valence-corrected chi connectivity index (χ3v) is 6.36. The standard InChI is InChI=1S/C26H33N5O3/c1-31-17-20-16-19(12-14-22(20)30-31)25(32)29-23(26(33)34)10-6-4-2-3-5-9-21-13-11-18-8-7-15-27-24(18)28-21/h11-14,16-17,23H,2-10,15H2,1H3,(H,27,28)(H,29,32)(H,33,34)/t23-/m0/s1. The minimum absolute atomic E-state index is 0.370. The van der Waals surface area contributed by atoms with E-state index in [1.807, 2.05) is 13.2 Å². The van der Waals surface area contributed by atoms with Crippen LogP contribution in [0.15, 0.2) is 36.5 Å². The normalized spacial score (nSPS) is 13.8. The first-order valence-corrected chi connectivity index (χ1v) is 12.2. The van der Waals surface area contributed by atoms with Crippen molar-refractivity contribution >= 4 is 28.6 Å². The largest absolute Gasteiger partial charge is 0.480 e. The number of amides is 1. The van der Waals surface area contributed by atoms with Crippen LogP contribution in [0.5, 0.6) is 0 Å². The van der Waals surface area contributed by atoms with Gasteiger partial charge in [-0.05, 0) is 61.9 Å². The van der Waals surface area contributed by atoms with Gasteiger partial charge in [0.15, 0.2) is 0 Å².